The minimum Gasteiger partial charge on any atom is -0.282 e. The number of hydrogen-bond donors (Lipinski definition) is 2. The molecule has 0 atom stereocenters. The molecular formula is C15H17ClN2O4S2. The highest BCUT2D eigenvalue weighted by atomic mass is 35.5. The second-order valence-corrected chi connectivity index (χ2v) is 9.01. The highest BCUT2D eigenvalue weighted by Gasteiger charge is 2.15. The Labute approximate surface area is 147 Å². The number of halogens is 1. The molecule has 0 aliphatic heterocycles. The van der Waals surface area contributed by atoms with Crippen molar-refractivity contribution in [3.63, 3.8) is 0 Å². The number of nitrogens with one attached hydrogen (secondary N) is 2. The van der Waals surface area contributed by atoms with Gasteiger partial charge < -0.3 is 0 Å². The van der Waals surface area contributed by atoms with Gasteiger partial charge in [0.2, 0.25) is 10.0 Å². The van der Waals surface area contributed by atoms with E-state index in [1.165, 1.54) is 30.3 Å². The van der Waals surface area contributed by atoms with Gasteiger partial charge in [0, 0.05) is 0 Å². The zero-order chi connectivity index (χ0) is 18.0. The number of rotatable bonds is 6. The molecule has 2 N–H and O–H groups in total. The summed E-state index contributed by atoms with van der Waals surface area (Å²) in [5.41, 5.74) is 1.45. The van der Waals surface area contributed by atoms with Gasteiger partial charge in [-0.1, -0.05) is 30.7 Å². The molecule has 2 aromatic carbocycles. The Kier molecular flexibility index (Phi) is 5.42. The highest BCUT2D eigenvalue weighted by Crippen LogP contribution is 2.27. The van der Waals surface area contributed by atoms with Crippen molar-refractivity contribution in [1.29, 1.82) is 0 Å². The van der Waals surface area contributed by atoms with Crippen LogP contribution in [0.15, 0.2) is 47.4 Å². The summed E-state index contributed by atoms with van der Waals surface area (Å²) in [4.78, 5) is 0.133. The molecule has 0 amide bonds. The summed E-state index contributed by atoms with van der Waals surface area (Å²) in [7, 11) is -7.22. The van der Waals surface area contributed by atoms with Gasteiger partial charge in [0.05, 0.1) is 27.5 Å². The third-order valence-electron chi connectivity index (χ3n) is 3.16. The fraction of sp³-hybridized carbons (Fsp3) is 0.200. The van der Waals surface area contributed by atoms with Crippen LogP contribution in [-0.2, 0) is 26.5 Å². The maximum atomic E-state index is 12.4. The average Bonchev–Trinajstić information content (AvgIpc) is 2.48. The summed E-state index contributed by atoms with van der Waals surface area (Å²) in [6.07, 6.45) is 1.82. The predicted octanol–water partition coefficient (Wildman–Crippen LogP) is 3.07. The second-order valence-electron chi connectivity index (χ2n) is 5.17. The van der Waals surface area contributed by atoms with Gasteiger partial charge in [-0.25, -0.2) is 16.8 Å². The van der Waals surface area contributed by atoms with Crippen molar-refractivity contribution in [3.8, 4) is 0 Å². The first-order valence-electron chi connectivity index (χ1n) is 7.00. The van der Waals surface area contributed by atoms with E-state index in [0.29, 0.717) is 0 Å². The van der Waals surface area contributed by atoms with E-state index in [-0.39, 0.29) is 21.3 Å². The summed E-state index contributed by atoms with van der Waals surface area (Å²) in [6.45, 7) is 1.98. The Bertz CT molecular complexity index is 940. The van der Waals surface area contributed by atoms with Crippen LogP contribution in [0.1, 0.15) is 12.5 Å². The van der Waals surface area contributed by atoms with Crippen molar-refractivity contribution in [2.45, 2.75) is 18.2 Å². The molecule has 9 heteroatoms. The van der Waals surface area contributed by atoms with Gasteiger partial charge in [0.15, 0.2) is 0 Å². The molecule has 0 aromatic heterocycles. The van der Waals surface area contributed by atoms with Crippen LogP contribution in [0.25, 0.3) is 0 Å². The SMILES string of the molecule is CCc1ccc(S(=O)(=O)Nc2ccc(NS(C)(=O)=O)c(Cl)c2)cc1. The van der Waals surface area contributed by atoms with E-state index in [0.717, 1.165) is 18.2 Å². The van der Waals surface area contributed by atoms with Gasteiger partial charge in [-0.3, -0.25) is 9.44 Å². The number of benzene rings is 2. The topological polar surface area (TPSA) is 92.3 Å². The Balaban J connectivity index is 2.24. The molecule has 0 aliphatic rings. The largest absolute Gasteiger partial charge is 0.282 e. The van der Waals surface area contributed by atoms with Crippen LogP contribution in [0, 0.1) is 0 Å². The lowest BCUT2D eigenvalue weighted by atomic mass is 10.2. The summed E-state index contributed by atoms with van der Waals surface area (Å²) >= 11 is 5.99. The van der Waals surface area contributed by atoms with Crippen LogP contribution < -0.4 is 9.44 Å². The van der Waals surface area contributed by atoms with Crippen molar-refractivity contribution < 1.29 is 16.8 Å². The molecule has 130 valence electrons. The van der Waals surface area contributed by atoms with Crippen molar-refractivity contribution in [2.24, 2.45) is 0 Å². The Morgan fingerprint density at radius 3 is 2.08 bits per heavy atom. The average molecular weight is 389 g/mol. The van der Waals surface area contributed by atoms with Gasteiger partial charge in [-0.2, -0.15) is 0 Å². The molecule has 0 aliphatic carbocycles. The minimum atomic E-state index is -3.75. The molecular weight excluding hydrogens is 372 g/mol. The van der Waals surface area contributed by atoms with Crippen LogP contribution in [0.5, 0.6) is 0 Å². The Morgan fingerprint density at radius 1 is 0.958 bits per heavy atom. The molecule has 0 spiro atoms. The summed E-state index contributed by atoms with van der Waals surface area (Å²) < 4.78 is 51.8. The van der Waals surface area contributed by atoms with E-state index >= 15 is 0 Å². The van der Waals surface area contributed by atoms with E-state index in [1.807, 2.05) is 6.92 Å². The molecule has 6 nitrogen and oxygen atoms in total. The van der Waals surface area contributed by atoms with Crippen molar-refractivity contribution >= 4 is 43.0 Å². The molecule has 0 radical (unpaired) electrons. The first kappa shape index (κ1) is 18.6. The van der Waals surface area contributed by atoms with Gasteiger partial charge in [-0.05, 0) is 42.3 Å². The van der Waals surface area contributed by atoms with Gasteiger partial charge in [0.1, 0.15) is 0 Å². The number of aryl methyl sites for hydroxylation is 1. The molecule has 2 aromatic rings. The van der Waals surface area contributed by atoms with Crippen molar-refractivity contribution in [1.82, 2.24) is 0 Å². The van der Waals surface area contributed by atoms with E-state index in [2.05, 4.69) is 9.44 Å². The fourth-order valence-corrected chi connectivity index (χ4v) is 3.89. The number of anilines is 2. The van der Waals surface area contributed by atoms with Crippen LogP contribution in [0.4, 0.5) is 11.4 Å². The summed E-state index contributed by atoms with van der Waals surface area (Å²) in [5.74, 6) is 0. The van der Waals surface area contributed by atoms with Gasteiger partial charge in [0.25, 0.3) is 10.0 Å². The first-order valence-corrected chi connectivity index (χ1v) is 10.7. The number of sulfonamides is 2. The molecule has 0 fully saturated rings. The third kappa shape index (κ3) is 4.86. The van der Waals surface area contributed by atoms with Crippen LogP contribution >= 0.6 is 11.6 Å². The monoisotopic (exact) mass is 388 g/mol. The van der Waals surface area contributed by atoms with Crippen molar-refractivity contribution in [2.75, 3.05) is 15.7 Å². The summed E-state index contributed by atoms with van der Waals surface area (Å²) in [5, 5.41) is 0.0851. The van der Waals surface area contributed by atoms with E-state index in [4.69, 9.17) is 11.6 Å². The van der Waals surface area contributed by atoms with Crippen LogP contribution in [0.3, 0.4) is 0 Å². The maximum Gasteiger partial charge on any atom is 0.261 e. The standard InChI is InChI=1S/C15H17ClN2O4S2/c1-3-11-4-7-13(8-5-11)24(21,22)17-12-6-9-15(14(16)10-12)18-23(2,19)20/h4-10,17-18H,3H2,1-2H3. The molecule has 0 saturated carbocycles. The lowest BCUT2D eigenvalue weighted by molar-refractivity contribution is 0.600. The molecule has 0 heterocycles. The smallest absolute Gasteiger partial charge is 0.261 e. The molecule has 0 saturated heterocycles. The fourth-order valence-electron chi connectivity index (χ4n) is 1.98. The van der Waals surface area contributed by atoms with Crippen LogP contribution in [0.2, 0.25) is 5.02 Å². The first-order chi connectivity index (χ1) is 11.1. The Morgan fingerprint density at radius 2 is 1.58 bits per heavy atom. The predicted molar refractivity (Wildman–Crippen MR) is 96.5 cm³/mol. The van der Waals surface area contributed by atoms with E-state index < -0.39 is 20.0 Å². The molecule has 24 heavy (non-hydrogen) atoms. The quantitative estimate of drug-likeness (QED) is 0.795. The second kappa shape index (κ2) is 7.00. The number of hydrogen-bond acceptors (Lipinski definition) is 4. The normalized spacial score (nSPS) is 12.0. The van der Waals surface area contributed by atoms with Gasteiger partial charge >= 0.3 is 0 Å². The highest BCUT2D eigenvalue weighted by molar-refractivity contribution is 7.92. The Hall–Kier alpha value is -1.77. The zero-order valence-electron chi connectivity index (χ0n) is 13.1. The summed E-state index contributed by atoms with van der Waals surface area (Å²) in [6, 6.07) is 10.7. The molecule has 2 rings (SSSR count). The maximum absolute atomic E-state index is 12.4. The van der Waals surface area contributed by atoms with Crippen LogP contribution in [-0.4, -0.2) is 23.1 Å². The third-order valence-corrected chi connectivity index (χ3v) is 5.46. The lowest BCUT2D eigenvalue weighted by Crippen LogP contribution is -2.13. The zero-order valence-corrected chi connectivity index (χ0v) is 15.5. The molecule has 0 bridgehead atoms. The lowest BCUT2D eigenvalue weighted by Gasteiger charge is -2.11. The molecule has 0 unspecified atom stereocenters. The van der Waals surface area contributed by atoms with E-state index in [9.17, 15) is 16.8 Å². The van der Waals surface area contributed by atoms with Gasteiger partial charge in [-0.15, -0.1) is 0 Å². The van der Waals surface area contributed by atoms with E-state index in [1.54, 1.807) is 12.1 Å². The minimum absolute atomic E-state index is 0.0851. The van der Waals surface area contributed by atoms with Crippen molar-refractivity contribution in [3.05, 3.63) is 53.1 Å².